The zero-order chi connectivity index (χ0) is 27.2. The molecule has 1 heterocycles. The molecule has 2 aromatic carbocycles. The fourth-order valence-electron chi connectivity index (χ4n) is 3.81. The van der Waals surface area contributed by atoms with E-state index in [1.807, 2.05) is 0 Å². The number of amides is 2. The molecule has 1 aliphatic heterocycles. The molecular weight excluding hydrogens is 508 g/mol. The van der Waals surface area contributed by atoms with E-state index in [2.05, 4.69) is 10.1 Å². The number of benzene rings is 2. The van der Waals surface area contributed by atoms with E-state index < -0.39 is 35.9 Å². The van der Waals surface area contributed by atoms with Crippen molar-refractivity contribution in [2.24, 2.45) is 0 Å². The van der Waals surface area contributed by atoms with Gasteiger partial charge in [0, 0.05) is 26.2 Å². The van der Waals surface area contributed by atoms with Gasteiger partial charge < -0.3 is 19.7 Å². The number of para-hydroxylation sites is 1. The first-order valence-corrected chi connectivity index (χ1v) is 11.3. The van der Waals surface area contributed by atoms with E-state index in [1.165, 1.54) is 37.3 Å². The van der Waals surface area contributed by atoms with Crippen LogP contribution in [0.3, 0.4) is 0 Å². The van der Waals surface area contributed by atoms with E-state index in [-0.39, 0.29) is 30.4 Å². The summed E-state index contributed by atoms with van der Waals surface area (Å²) >= 11 is 0. The molecule has 37 heavy (non-hydrogen) atoms. The van der Waals surface area contributed by atoms with Crippen LogP contribution in [-0.4, -0.2) is 66.8 Å². The summed E-state index contributed by atoms with van der Waals surface area (Å²) in [5.74, 6) is -1.19. The van der Waals surface area contributed by atoms with Gasteiger partial charge in [0.05, 0.1) is 17.8 Å². The molecule has 0 spiro atoms. The number of carbonyl (C=O) groups is 2. The average molecular weight is 533 g/mol. The van der Waals surface area contributed by atoms with Crippen LogP contribution in [0.25, 0.3) is 0 Å². The van der Waals surface area contributed by atoms with Crippen LogP contribution in [0.1, 0.15) is 18.9 Å². The topological polar surface area (TPSA) is 71.1 Å². The molecule has 1 N–H and O–H groups in total. The molecule has 1 aliphatic rings. The summed E-state index contributed by atoms with van der Waals surface area (Å²) in [5, 5.41) is 2.31. The fraction of sp³-hybridized carbons (Fsp3) is 0.417. The quantitative estimate of drug-likeness (QED) is 0.530. The molecule has 3 rings (SSSR count). The van der Waals surface area contributed by atoms with Gasteiger partial charge in [0.15, 0.2) is 6.10 Å². The molecule has 2 amide bonds. The zero-order valence-electron chi connectivity index (χ0n) is 19.7. The summed E-state index contributed by atoms with van der Waals surface area (Å²) in [6, 6.07) is 9.36. The number of anilines is 1. The van der Waals surface area contributed by atoms with Gasteiger partial charge in [-0.1, -0.05) is 12.1 Å². The highest BCUT2D eigenvalue weighted by molar-refractivity contribution is 5.93. The molecule has 202 valence electrons. The Bertz CT molecular complexity index is 1080. The second kappa shape index (κ2) is 11.7. The van der Waals surface area contributed by atoms with E-state index in [4.69, 9.17) is 4.74 Å². The Kier molecular flexibility index (Phi) is 8.89. The lowest BCUT2D eigenvalue weighted by molar-refractivity contribution is -0.274. The number of hydrogen-bond donors (Lipinski definition) is 1. The van der Waals surface area contributed by atoms with Crippen molar-refractivity contribution < 1.29 is 45.4 Å². The monoisotopic (exact) mass is 533 g/mol. The van der Waals surface area contributed by atoms with Crippen LogP contribution in [0.4, 0.5) is 32.0 Å². The molecular formula is C24H25F6N3O4. The minimum absolute atomic E-state index is 0.146. The van der Waals surface area contributed by atoms with Crippen LogP contribution in [0.15, 0.2) is 48.5 Å². The van der Waals surface area contributed by atoms with E-state index in [0.717, 1.165) is 18.2 Å². The SMILES string of the molecule is CC(Oc1ccc(OC(F)(F)F)cc1)C(=O)N1CCCN(CC(=O)Nc2ccccc2C(F)(F)F)CC1. The summed E-state index contributed by atoms with van der Waals surface area (Å²) < 4.78 is 85.7. The Hall–Kier alpha value is -3.48. The number of alkyl halides is 6. The maximum absolute atomic E-state index is 13.2. The number of hydrogen-bond acceptors (Lipinski definition) is 5. The molecule has 1 unspecified atom stereocenters. The van der Waals surface area contributed by atoms with E-state index >= 15 is 0 Å². The second-order valence-electron chi connectivity index (χ2n) is 8.33. The molecule has 0 saturated carbocycles. The Morgan fingerprint density at radius 2 is 1.57 bits per heavy atom. The van der Waals surface area contributed by atoms with Crippen molar-refractivity contribution in [3.8, 4) is 11.5 Å². The van der Waals surface area contributed by atoms with Gasteiger partial charge >= 0.3 is 12.5 Å². The Morgan fingerprint density at radius 1 is 0.919 bits per heavy atom. The van der Waals surface area contributed by atoms with Crippen LogP contribution >= 0.6 is 0 Å². The maximum Gasteiger partial charge on any atom is 0.573 e. The van der Waals surface area contributed by atoms with E-state index in [9.17, 15) is 35.9 Å². The molecule has 0 bridgehead atoms. The molecule has 0 aromatic heterocycles. The minimum atomic E-state index is -4.82. The Balaban J connectivity index is 1.50. The smallest absolute Gasteiger partial charge is 0.481 e. The van der Waals surface area contributed by atoms with Gasteiger partial charge in [0.1, 0.15) is 11.5 Å². The Morgan fingerprint density at radius 3 is 2.22 bits per heavy atom. The van der Waals surface area contributed by atoms with Crippen molar-refractivity contribution in [3.05, 3.63) is 54.1 Å². The lowest BCUT2D eigenvalue weighted by Crippen LogP contribution is -2.43. The van der Waals surface area contributed by atoms with Gasteiger partial charge in [0.2, 0.25) is 5.91 Å². The van der Waals surface area contributed by atoms with Crippen LogP contribution in [-0.2, 0) is 15.8 Å². The van der Waals surface area contributed by atoms with Crippen molar-refractivity contribution in [1.82, 2.24) is 9.80 Å². The number of halogens is 6. The third-order valence-electron chi connectivity index (χ3n) is 5.49. The average Bonchev–Trinajstić information content (AvgIpc) is 3.04. The number of ether oxygens (including phenoxy) is 2. The van der Waals surface area contributed by atoms with Crippen LogP contribution in [0.5, 0.6) is 11.5 Å². The predicted molar refractivity (Wildman–Crippen MR) is 121 cm³/mol. The highest BCUT2D eigenvalue weighted by Gasteiger charge is 2.34. The van der Waals surface area contributed by atoms with Crippen molar-refractivity contribution in [2.75, 3.05) is 38.0 Å². The van der Waals surface area contributed by atoms with Gasteiger partial charge in [-0.2, -0.15) is 13.2 Å². The van der Waals surface area contributed by atoms with Gasteiger partial charge in [-0.05, 0) is 49.7 Å². The fourth-order valence-corrected chi connectivity index (χ4v) is 3.81. The lowest BCUT2D eigenvalue weighted by atomic mass is 10.1. The number of nitrogens with zero attached hydrogens (tertiary/aromatic N) is 2. The number of carbonyl (C=O) groups excluding carboxylic acids is 2. The summed E-state index contributed by atoms with van der Waals surface area (Å²) in [5.41, 5.74) is -1.26. The first-order valence-electron chi connectivity index (χ1n) is 11.3. The number of rotatable bonds is 7. The Labute approximate surface area is 208 Å². The van der Waals surface area contributed by atoms with Crippen molar-refractivity contribution >= 4 is 17.5 Å². The molecule has 1 fully saturated rings. The minimum Gasteiger partial charge on any atom is -0.481 e. The standard InChI is InChI=1S/C24H25F6N3O4/c1-16(36-17-7-9-18(10-8-17)37-24(28,29)30)22(35)33-12-4-11-32(13-14-33)15-21(34)31-20-6-3-2-5-19(20)23(25,26)27/h2-3,5-10,16H,4,11-15H2,1H3,(H,31,34). The van der Waals surface area contributed by atoms with Crippen LogP contribution in [0.2, 0.25) is 0 Å². The van der Waals surface area contributed by atoms with Crippen LogP contribution < -0.4 is 14.8 Å². The number of nitrogens with one attached hydrogen (secondary N) is 1. The van der Waals surface area contributed by atoms with E-state index in [1.54, 1.807) is 9.80 Å². The van der Waals surface area contributed by atoms with Crippen molar-refractivity contribution in [3.63, 3.8) is 0 Å². The molecule has 1 atom stereocenters. The zero-order valence-corrected chi connectivity index (χ0v) is 19.7. The summed E-state index contributed by atoms with van der Waals surface area (Å²) in [4.78, 5) is 28.5. The molecule has 7 nitrogen and oxygen atoms in total. The van der Waals surface area contributed by atoms with Crippen molar-refractivity contribution in [2.45, 2.75) is 32.0 Å². The molecule has 2 aromatic rings. The van der Waals surface area contributed by atoms with Gasteiger partial charge in [-0.25, -0.2) is 0 Å². The summed E-state index contributed by atoms with van der Waals surface area (Å²) in [6.07, 6.45) is -9.83. The lowest BCUT2D eigenvalue weighted by Gasteiger charge is -2.25. The summed E-state index contributed by atoms with van der Waals surface area (Å²) in [6.45, 7) is 2.77. The molecule has 13 heteroatoms. The first kappa shape index (κ1) is 28.1. The maximum atomic E-state index is 13.2. The normalized spacial score (nSPS) is 16.0. The van der Waals surface area contributed by atoms with Gasteiger partial charge in [-0.3, -0.25) is 14.5 Å². The predicted octanol–water partition coefficient (Wildman–Crippen LogP) is 4.54. The van der Waals surface area contributed by atoms with Gasteiger partial charge in [-0.15, -0.1) is 13.2 Å². The van der Waals surface area contributed by atoms with E-state index in [0.29, 0.717) is 26.1 Å². The largest absolute Gasteiger partial charge is 0.573 e. The van der Waals surface area contributed by atoms with Crippen molar-refractivity contribution in [1.29, 1.82) is 0 Å². The molecule has 0 aliphatic carbocycles. The third-order valence-corrected chi connectivity index (χ3v) is 5.49. The third kappa shape index (κ3) is 8.55. The molecule has 0 radical (unpaired) electrons. The highest BCUT2D eigenvalue weighted by Crippen LogP contribution is 2.34. The highest BCUT2D eigenvalue weighted by atomic mass is 19.4. The first-order chi connectivity index (χ1) is 17.3. The summed E-state index contributed by atoms with van der Waals surface area (Å²) in [7, 11) is 0. The van der Waals surface area contributed by atoms with Crippen LogP contribution in [0, 0.1) is 0 Å². The van der Waals surface area contributed by atoms with Gasteiger partial charge in [0.25, 0.3) is 5.91 Å². The second-order valence-corrected chi connectivity index (χ2v) is 8.33. The molecule has 1 saturated heterocycles.